The molecule has 0 fully saturated rings. The molecule has 0 saturated heterocycles. The number of aliphatic hydroxyl groups is 1. The van der Waals surface area contributed by atoms with Crippen LogP contribution in [0.2, 0.25) is 0 Å². The zero-order valence-electron chi connectivity index (χ0n) is 9.43. The highest BCUT2D eigenvalue weighted by Crippen LogP contribution is 2.24. The summed E-state index contributed by atoms with van der Waals surface area (Å²) in [6.45, 7) is 1.93. The highest BCUT2D eigenvalue weighted by Gasteiger charge is 1.98. The Kier molecular flexibility index (Phi) is 5.09. The molecule has 0 bridgehead atoms. The lowest BCUT2D eigenvalue weighted by molar-refractivity contribution is 0.318. The molecule has 0 saturated carbocycles. The van der Waals surface area contributed by atoms with Crippen molar-refractivity contribution in [1.29, 1.82) is 0 Å². The normalized spacial score (nSPS) is 9.12. The van der Waals surface area contributed by atoms with Gasteiger partial charge in [-0.2, -0.15) is 0 Å². The summed E-state index contributed by atoms with van der Waals surface area (Å²) in [5.41, 5.74) is 8.95. The van der Waals surface area contributed by atoms with Crippen molar-refractivity contribution in [2.24, 2.45) is 0 Å². The van der Waals surface area contributed by atoms with Crippen molar-refractivity contribution in [2.75, 3.05) is 12.3 Å². The van der Waals surface area contributed by atoms with Crippen LogP contribution in [0.15, 0.2) is 54.6 Å². The number of hydrogen-bond donors (Lipinski definition) is 2. The first-order chi connectivity index (χ1) is 7.79. The fourth-order valence-electron chi connectivity index (χ4n) is 1.38. The summed E-state index contributed by atoms with van der Waals surface area (Å²) < 4.78 is 0. The third kappa shape index (κ3) is 3.41. The molecule has 0 aromatic heterocycles. The van der Waals surface area contributed by atoms with Crippen LogP contribution in [0.3, 0.4) is 0 Å². The summed E-state index contributed by atoms with van der Waals surface area (Å²) in [6, 6.07) is 18.1. The lowest BCUT2D eigenvalue weighted by Gasteiger charge is -2.03. The van der Waals surface area contributed by atoms with Gasteiger partial charge in [-0.15, -0.1) is 0 Å². The van der Waals surface area contributed by atoms with E-state index < -0.39 is 0 Å². The van der Waals surface area contributed by atoms with Gasteiger partial charge in [-0.3, -0.25) is 0 Å². The van der Waals surface area contributed by atoms with Crippen LogP contribution >= 0.6 is 0 Å². The second-order valence-corrected chi connectivity index (χ2v) is 3.27. The van der Waals surface area contributed by atoms with Crippen molar-refractivity contribution in [3.8, 4) is 11.1 Å². The smallest absolute Gasteiger partial charge is 0.0402 e. The standard InChI is InChI=1S/C12H11N.C2H6O/c13-12-9-5-4-8-11(12)10-6-2-1-3-7-10;1-2-3/h1-9H,13H2;3H,2H2,1H3. The van der Waals surface area contributed by atoms with Gasteiger partial charge in [0.1, 0.15) is 0 Å². The molecule has 2 rings (SSSR count). The molecular formula is C14H17NO. The first kappa shape index (κ1) is 12.3. The number of hydrogen-bond acceptors (Lipinski definition) is 2. The van der Waals surface area contributed by atoms with Crippen LogP contribution in [0.4, 0.5) is 5.69 Å². The van der Waals surface area contributed by atoms with Crippen LogP contribution in [0, 0.1) is 0 Å². The molecular weight excluding hydrogens is 198 g/mol. The van der Waals surface area contributed by atoms with E-state index in [0.717, 1.165) is 11.3 Å². The third-order valence-electron chi connectivity index (χ3n) is 2.05. The second kappa shape index (κ2) is 6.64. The van der Waals surface area contributed by atoms with Crippen molar-refractivity contribution < 1.29 is 5.11 Å². The molecule has 3 N–H and O–H groups in total. The molecule has 0 radical (unpaired) electrons. The number of aliphatic hydroxyl groups excluding tert-OH is 1. The predicted molar refractivity (Wildman–Crippen MR) is 69.1 cm³/mol. The summed E-state index contributed by atoms with van der Waals surface area (Å²) in [6.07, 6.45) is 0. The summed E-state index contributed by atoms with van der Waals surface area (Å²) in [7, 11) is 0. The van der Waals surface area contributed by atoms with E-state index in [9.17, 15) is 0 Å². The number of benzene rings is 2. The quantitative estimate of drug-likeness (QED) is 0.718. The number of para-hydroxylation sites is 1. The highest BCUT2D eigenvalue weighted by molar-refractivity contribution is 5.75. The van der Waals surface area contributed by atoms with Gasteiger partial charge in [0.15, 0.2) is 0 Å². The van der Waals surface area contributed by atoms with Gasteiger partial charge in [0.2, 0.25) is 0 Å². The minimum atomic E-state index is 0.250. The predicted octanol–water partition coefficient (Wildman–Crippen LogP) is 2.93. The lowest BCUT2D eigenvalue weighted by atomic mass is 10.0. The summed E-state index contributed by atoms with van der Waals surface area (Å²) in [5.74, 6) is 0. The fraction of sp³-hybridized carbons (Fsp3) is 0.143. The SMILES string of the molecule is CCO.Nc1ccccc1-c1ccccc1. The Morgan fingerprint density at radius 2 is 1.44 bits per heavy atom. The van der Waals surface area contributed by atoms with Gasteiger partial charge in [0.25, 0.3) is 0 Å². The molecule has 0 spiro atoms. The van der Waals surface area contributed by atoms with Crippen molar-refractivity contribution in [3.05, 3.63) is 54.6 Å². The molecule has 84 valence electrons. The molecule has 2 aromatic rings. The maximum atomic E-state index is 7.57. The van der Waals surface area contributed by atoms with Crippen molar-refractivity contribution in [3.63, 3.8) is 0 Å². The van der Waals surface area contributed by atoms with Gasteiger partial charge in [-0.1, -0.05) is 48.5 Å². The van der Waals surface area contributed by atoms with Crippen molar-refractivity contribution in [1.82, 2.24) is 0 Å². The summed E-state index contributed by atoms with van der Waals surface area (Å²) in [4.78, 5) is 0. The number of anilines is 1. The molecule has 2 heteroatoms. The molecule has 0 unspecified atom stereocenters. The third-order valence-corrected chi connectivity index (χ3v) is 2.05. The van der Waals surface area contributed by atoms with E-state index in [1.54, 1.807) is 6.92 Å². The largest absolute Gasteiger partial charge is 0.398 e. The van der Waals surface area contributed by atoms with Crippen LogP contribution in [0.25, 0.3) is 11.1 Å². The Morgan fingerprint density at radius 3 is 2.00 bits per heavy atom. The Labute approximate surface area is 96.4 Å². The minimum absolute atomic E-state index is 0.250. The van der Waals surface area contributed by atoms with E-state index in [-0.39, 0.29) is 6.61 Å². The van der Waals surface area contributed by atoms with Crippen LogP contribution in [0.5, 0.6) is 0 Å². The molecule has 0 amide bonds. The molecule has 0 atom stereocenters. The molecule has 0 aliphatic carbocycles. The Bertz CT molecular complexity index is 412. The van der Waals surface area contributed by atoms with Crippen molar-refractivity contribution >= 4 is 5.69 Å². The first-order valence-electron chi connectivity index (χ1n) is 5.30. The van der Waals surface area contributed by atoms with Crippen LogP contribution in [0.1, 0.15) is 6.92 Å². The monoisotopic (exact) mass is 215 g/mol. The average molecular weight is 215 g/mol. The molecule has 0 aliphatic heterocycles. The van der Waals surface area contributed by atoms with E-state index in [2.05, 4.69) is 12.1 Å². The molecule has 2 aromatic carbocycles. The zero-order valence-corrected chi connectivity index (χ0v) is 9.43. The first-order valence-corrected chi connectivity index (χ1v) is 5.30. The van der Waals surface area contributed by atoms with E-state index in [1.165, 1.54) is 5.56 Å². The molecule has 0 heterocycles. The van der Waals surface area contributed by atoms with E-state index in [1.807, 2.05) is 42.5 Å². The van der Waals surface area contributed by atoms with Gasteiger partial charge in [0, 0.05) is 17.9 Å². The van der Waals surface area contributed by atoms with Crippen molar-refractivity contribution in [2.45, 2.75) is 6.92 Å². The van der Waals surface area contributed by atoms with Gasteiger partial charge >= 0.3 is 0 Å². The van der Waals surface area contributed by atoms with Crippen LogP contribution in [-0.2, 0) is 0 Å². The Morgan fingerprint density at radius 1 is 0.938 bits per heavy atom. The molecule has 16 heavy (non-hydrogen) atoms. The molecule has 2 nitrogen and oxygen atoms in total. The topological polar surface area (TPSA) is 46.2 Å². The van der Waals surface area contributed by atoms with Gasteiger partial charge < -0.3 is 10.8 Å². The fourth-order valence-corrected chi connectivity index (χ4v) is 1.38. The minimum Gasteiger partial charge on any atom is -0.398 e. The molecule has 0 aliphatic rings. The lowest BCUT2D eigenvalue weighted by Crippen LogP contribution is -1.88. The van der Waals surface area contributed by atoms with E-state index in [0.29, 0.717) is 0 Å². The Balaban J connectivity index is 0.000000386. The van der Waals surface area contributed by atoms with Gasteiger partial charge in [-0.05, 0) is 18.6 Å². The summed E-state index contributed by atoms with van der Waals surface area (Å²) in [5, 5.41) is 7.57. The zero-order chi connectivity index (χ0) is 11.8. The number of rotatable bonds is 1. The van der Waals surface area contributed by atoms with Gasteiger partial charge in [-0.25, -0.2) is 0 Å². The van der Waals surface area contributed by atoms with Crippen LogP contribution < -0.4 is 5.73 Å². The maximum absolute atomic E-state index is 7.57. The van der Waals surface area contributed by atoms with E-state index in [4.69, 9.17) is 10.8 Å². The maximum Gasteiger partial charge on any atom is 0.0402 e. The summed E-state index contributed by atoms with van der Waals surface area (Å²) >= 11 is 0. The Hall–Kier alpha value is -1.80. The van der Waals surface area contributed by atoms with E-state index >= 15 is 0 Å². The van der Waals surface area contributed by atoms with Gasteiger partial charge in [0.05, 0.1) is 0 Å². The highest BCUT2D eigenvalue weighted by atomic mass is 16.2. The second-order valence-electron chi connectivity index (χ2n) is 3.27. The number of nitrogen functional groups attached to an aromatic ring is 1. The number of nitrogens with two attached hydrogens (primary N) is 1. The average Bonchev–Trinajstić information content (AvgIpc) is 2.32. The van der Waals surface area contributed by atoms with Crippen LogP contribution in [-0.4, -0.2) is 11.7 Å².